The number of carboxylic acids is 1. The van der Waals surface area contributed by atoms with E-state index in [9.17, 15) is 9.59 Å². The number of hydrogen-bond donors (Lipinski definition) is 1. The van der Waals surface area contributed by atoms with Gasteiger partial charge in [-0.1, -0.05) is 11.8 Å². The number of rotatable bonds is 8. The molecule has 0 saturated carbocycles. The van der Waals surface area contributed by atoms with Gasteiger partial charge in [0.1, 0.15) is 4.70 Å². The molecule has 1 N–H and O–H groups in total. The molecule has 2 rings (SSSR count). The van der Waals surface area contributed by atoms with Gasteiger partial charge in [-0.05, 0) is 24.3 Å². The Morgan fingerprint density at radius 3 is 3.05 bits per heavy atom. The fourth-order valence-corrected chi connectivity index (χ4v) is 3.40. The Labute approximate surface area is 129 Å². The minimum Gasteiger partial charge on any atom is -0.481 e. The van der Waals surface area contributed by atoms with Crippen LogP contribution >= 0.6 is 23.1 Å². The standard InChI is InChI=1S/C13H16N2O4S2/c1-19-6-3-2-5-15-12(18)11-9(4-7-20-11)14-13(15)21-8-10(16)17/h4,7H,2-3,5-6,8H2,1H3,(H,16,17). The first kappa shape index (κ1) is 16.0. The zero-order valence-corrected chi connectivity index (χ0v) is 13.2. The molecule has 6 nitrogen and oxygen atoms in total. The Bertz CT molecular complexity index is 680. The van der Waals surface area contributed by atoms with Gasteiger partial charge in [-0.2, -0.15) is 0 Å². The molecule has 2 heterocycles. The lowest BCUT2D eigenvalue weighted by atomic mass is 10.3. The zero-order chi connectivity index (χ0) is 15.2. The maximum absolute atomic E-state index is 12.5. The molecule has 114 valence electrons. The van der Waals surface area contributed by atoms with Crippen LogP contribution < -0.4 is 5.56 Å². The summed E-state index contributed by atoms with van der Waals surface area (Å²) in [6, 6.07) is 1.78. The molecular weight excluding hydrogens is 312 g/mol. The molecule has 0 aliphatic rings. The molecule has 2 aromatic rings. The second-order valence-corrected chi connectivity index (χ2v) is 6.23. The van der Waals surface area contributed by atoms with Crippen molar-refractivity contribution in [3.63, 3.8) is 0 Å². The summed E-state index contributed by atoms with van der Waals surface area (Å²) < 4.78 is 7.18. The van der Waals surface area contributed by atoms with Crippen LogP contribution in [0.4, 0.5) is 0 Å². The third-order valence-electron chi connectivity index (χ3n) is 2.84. The zero-order valence-electron chi connectivity index (χ0n) is 11.6. The van der Waals surface area contributed by atoms with Crippen LogP contribution in [0.3, 0.4) is 0 Å². The Morgan fingerprint density at radius 1 is 1.52 bits per heavy atom. The fourth-order valence-electron chi connectivity index (χ4n) is 1.87. The number of aromatic nitrogens is 2. The largest absolute Gasteiger partial charge is 0.481 e. The number of thioether (sulfide) groups is 1. The van der Waals surface area contributed by atoms with E-state index >= 15 is 0 Å². The third-order valence-corrected chi connectivity index (χ3v) is 4.69. The van der Waals surface area contributed by atoms with E-state index in [0.29, 0.717) is 28.5 Å². The topological polar surface area (TPSA) is 81.4 Å². The molecule has 0 aliphatic heterocycles. The molecule has 21 heavy (non-hydrogen) atoms. The predicted molar refractivity (Wildman–Crippen MR) is 83.3 cm³/mol. The van der Waals surface area contributed by atoms with Gasteiger partial charge in [-0.3, -0.25) is 14.2 Å². The molecule has 0 aromatic carbocycles. The molecule has 0 spiro atoms. The first-order valence-corrected chi connectivity index (χ1v) is 8.31. The molecule has 0 unspecified atom stereocenters. The smallest absolute Gasteiger partial charge is 0.313 e. The van der Waals surface area contributed by atoms with Crippen molar-refractivity contribution in [3.8, 4) is 0 Å². The highest BCUT2D eigenvalue weighted by Crippen LogP contribution is 2.21. The number of thiophene rings is 1. The normalized spacial score (nSPS) is 11.1. The van der Waals surface area contributed by atoms with Gasteiger partial charge >= 0.3 is 5.97 Å². The molecule has 0 bridgehead atoms. The maximum Gasteiger partial charge on any atom is 0.313 e. The van der Waals surface area contributed by atoms with Crippen LogP contribution in [0.5, 0.6) is 0 Å². The summed E-state index contributed by atoms with van der Waals surface area (Å²) in [7, 11) is 1.64. The minimum atomic E-state index is -0.925. The molecule has 0 saturated heterocycles. The van der Waals surface area contributed by atoms with Crippen molar-refractivity contribution < 1.29 is 14.6 Å². The van der Waals surface area contributed by atoms with E-state index in [1.807, 2.05) is 5.38 Å². The Balaban J connectivity index is 2.28. The van der Waals surface area contributed by atoms with Gasteiger partial charge < -0.3 is 9.84 Å². The van der Waals surface area contributed by atoms with Gasteiger partial charge in [-0.15, -0.1) is 11.3 Å². The van der Waals surface area contributed by atoms with Gasteiger partial charge in [-0.25, -0.2) is 4.98 Å². The van der Waals surface area contributed by atoms with Gasteiger partial charge in [0.05, 0.1) is 11.3 Å². The SMILES string of the molecule is COCCCCn1c(SCC(=O)O)nc2ccsc2c1=O. The van der Waals surface area contributed by atoms with E-state index < -0.39 is 5.97 Å². The lowest BCUT2D eigenvalue weighted by Gasteiger charge is -2.11. The van der Waals surface area contributed by atoms with E-state index in [1.165, 1.54) is 11.3 Å². The highest BCUT2D eigenvalue weighted by atomic mass is 32.2. The molecule has 2 aromatic heterocycles. The molecule has 8 heteroatoms. The van der Waals surface area contributed by atoms with E-state index in [-0.39, 0.29) is 11.3 Å². The van der Waals surface area contributed by atoms with Crippen molar-refractivity contribution in [2.75, 3.05) is 19.5 Å². The predicted octanol–water partition coefficient (Wildman–Crippen LogP) is 2.06. The first-order chi connectivity index (χ1) is 10.1. The summed E-state index contributed by atoms with van der Waals surface area (Å²) in [6.45, 7) is 1.16. The van der Waals surface area contributed by atoms with Crippen molar-refractivity contribution >= 4 is 39.3 Å². The average Bonchev–Trinajstić information content (AvgIpc) is 2.92. The number of carbonyl (C=O) groups is 1. The molecular formula is C13H16N2O4S2. The summed E-state index contributed by atoms with van der Waals surface area (Å²) >= 11 is 2.44. The van der Waals surface area contributed by atoms with Crippen LogP contribution in [0, 0.1) is 0 Å². The van der Waals surface area contributed by atoms with Crippen molar-refractivity contribution in [2.24, 2.45) is 0 Å². The Kier molecular flexibility index (Phi) is 5.77. The van der Waals surface area contributed by atoms with Crippen LogP contribution in [0.1, 0.15) is 12.8 Å². The summed E-state index contributed by atoms with van der Waals surface area (Å²) in [5, 5.41) is 11.1. The van der Waals surface area contributed by atoms with Crippen molar-refractivity contribution in [3.05, 3.63) is 21.8 Å². The number of ether oxygens (including phenoxy) is 1. The van der Waals surface area contributed by atoms with Crippen LogP contribution in [0.2, 0.25) is 0 Å². The second-order valence-electron chi connectivity index (χ2n) is 4.37. The molecule has 0 amide bonds. The monoisotopic (exact) mass is 328 g/mol. The highest BCUT2D eigenvalue weighted by molar-refractivity contribution is 7.99. The Hall–Kier alpha value is -1.38. The van der Waals surface area contributed by atoms with Crippen molar-refractivity contribution in [1.29, 1.82) is 0 Å². The first-order valence-electron chi connectivity index (χ1n) is 6.45. The number of unbranched alkanes of at least 4 members (excludes halogenated alkanes) is 1. The van der Waals surface area contributed by atoms with Crippen LogP contribution in [-0.2, 0) is 16.1 Å². The van der Waals surface area contributed by atoms with Crippen molar-refractivity contribution in [1.82, 2.24) is 9.55 Å². The summed E-state index contributed by atoms with van der Waals surface area (Å²) in [5.41, 5.74) is 0.534. The third kappa shape index (κ3) is 4.05. The van der Waals surface area contributed by atoms with Gasteiger partial charge in [0, 0.05) is 20.3 Å². The number of aliphatic carboxylic acids is 1. The minimum absolute atomic E-state index is 0.0969. The summed E-state index contributed by atoms with van der Waals surface area (Å²) in [5.74, 6) is -1.04. The highest BCUT2D eigenvalue weighted by Gasteiger charge is 2.13. The van der Waals surface area contributed by atoms with E-state index in [4.69, 9.17) is 9.84 Å². The summed E-state index contributed by atoms with van der Waals surface area (Å²) in [4.78, 5) is 27.6. The molecule has 0 atom stereocenters. The lowest BCUT2D eigenvalue weighted by Crippen LogP contribution is -2.23. The van der Waals surface area contributed by atoms with Gasteiger partial charge in [0.2, 0.25) is 0 Å². The number of hydrogen-bond acceptors (Lipinski definition) is 6. The average molecular weight is 328 g/mol. The van der Waals surface area contributed by atoms with Crippen LogP contribution in [-0.4, -0.2) is 40.1 Å². The maximum atomic E-state index is 12.5. The quantitative estimate of drug-likeness (QED) is 0.454. The van der Waals surface area contributed by atoms with E-state index in [1.54, 1.807) is 17.7 Å². The molecule has 0 radical (unpaired) electrons. The number of nitrogens with zero attached hydrogens (tertiary/aromatic N) is 2. The second kappa shape index (κ2) is 7.58. The molecule has 0 aliphatic carbocycles. The number of fused-ring (bicyclic) bond motifs is 1. The fraction of sp³-hybridized carbons (Fsp3) is 0.462. The Morgan fingerprint density at radius 2 is 2.33 bits per heavy atom. The van der Waals surface area contributed by atoms with Gasteiger partial charge in [0.15, 0.2) is 5.16 Å². The van der Waals surface area contributed by atoms with Gasteiger partial charge in [0.25, 0.3) is 5.56 Å². The summed E-state index contributed by atoms with van der Waals surface area (Å²) in [6.07, 6.45) is 1.63. The van der Waals surface area contributed by atoms with E-state index in [2.05, 4.69) is 4.98 Å². The van der Waals surface area contributed by atoms with Crippen LogP contribution in [0.15, 0.2) is 21.4 Å². The van der Waals surface area contributed by atoms with Crippen LogP contribution in [0.25, 0.3) is 10.2 Å². The van der Waals surface area contributed by atoms with Crippen molar-refractivity contribution in [2.45, 2.75) is 24.5 Å². The number of methoxy groups -OCH3 is 1. The number of carboxylic acid groups (broad SMARTS) is 1. The molecule has 0 fully saturated rings. The lowest BCUT2D eigenvalue weighted by molar-refractivity contribution is -0.133. The van der Waals surface area contributed by atoms with E-state index in [0.717, 1.165) is 24.6 Å².